The van der Waals surface area contributed by atoms with Gasteiger partial charge in [-0.2, -0.15) is 4.98 Å². The van der Waals surface area contributed by atoms with E-state index in [1.165, 1.54) is 0 Å². The number of carbonyl (C=O) groups is 2. The molecule has 1 aliphatic heterocycles. The minimum atomic E-state index is -0.00153. The van der Waals surface area contributed by atoms with Crippen LogP contribution in [-0.4, -0.2) is 71.0 Å². The zero-order valence-electron chi connectivity index (χ0n) is 15.8. The zero-order chi connectivity index (χ0) is 19.2. The fourth-order valence-electron chi connectivity index (χ4n) is 2.98. The van der Waals surface area contributed by atoms with Gasteiger partial charge in [-0.05, 0) is 37.6 Å². The van der Waals surface area contributed by atoms with E-state index in [0.29, 0.717) is 56.5 Å². The van der Waals surface area contributed by atoms with Crippen LogP contribution in [0.25, 0.3) is 11.5 Å². The SMILES string of the molecule is CCCNC(=O)CN1CCN(C(=O)c2ccc(-c3nc(C)no3)cc2)CC1. The van der Waals surface area contributed by atoms with Crippen molar-refractivity contribution in [3.63, 3.8) is 0 Å². The molecule has 0 spiro atoms. The average molecular weight is 371 g/mol. The van der Waals surface area contributed by atoms with E-state index in [-0.39, 0.29) is 11.8 Å². The second kappa shape index (κ2) is 8.77. The van der Waals surface area contributed by atoms with E-state index in [0.717, 1.165) is 12.0 Å². The summed E-state index contributed by atoms with van der Waals surface area (Å²) in [6.45, 7) is 7.51. The Balaban J connectivity index is 1.52. The van der Waals surface area contributed by atoms with Gasteiger partial charge in [-0.1, -0.05) is 12.1 Å². The number of benzene rings is 1. The molecule has 0 saturated carbocycles. The van der Waals surface area contributed by atoms with Crippen molar-refractivity contribution in [3.05, 3.63) is 35.7 Å². The first-order chi connectivity index (χ1) is 13.1. The summed E-state index contributed by atoms with van der Waals surface area (Å²) < 4.78 is 5.14. The molecule has 1 aliphatic rings. The number of hydrogen-bond donors (Lipinski definition) is 1. The highest BCUT2D eigenvalue weighted by atomic mass is 16.5. The Kier molecular flexibility index (Phi) is 6.18. The quantitative estimate of drug-likeness (QED) is 0.824. The van der Waals surface area contributed by atoms with Crippen LogP contribution in [0.4, 0.5) is 0 Å². The second-order valence-electron chi connectivity index (χ2n) is 6.64. The maximum atomic E-state index is 12.7. The Labute approximate surface area is 158 Å². The van der Waals surface area contributed by atoms with E-state index < -0.39 is 0 Å². The van der Waals surface area contributed by atoms with E-state index in [1.54, 1.807) is 19.1 Å². The molecule has 144 valence electrons. The number of amides is 2. The largest absolute Gasteiger partial charge is 0.355 e. The molecule has 27 heavy (non-hydrogen) atoms. The van der Waals surface area contributed by atoms with Crippen LogP contribution in [0.15, 0.2) is 28.8 Å². The Morgan fingerprint density at radius 2 is 1.85 bits per heavy atom. The minimum absolute atomic E-state index is 0.00153. The van der Waals surface area contributed by atoms with Crippen LogP contribution in [0.1, 0.15) is 29.5 Å². The Morgan fingerprint density at radius 1 is 1.15 bits per heavy atom. The summed E-state index contributed by atoms with van der Waals surface area (Å²) in [7, 11) is 0. The molecule has 1 fully saturated rings. The van der Waals surface area contributed by atoms with Crippen molar-refractivity contribution in [1.82, 2.24) is 25.3 Å². The predicted molar refractivity (Wildman–Crippen MR) is 100 cm³/mol. The molecule has 2 amide bonds. The predicted octanol–water partition coefficient (Wildman–Crippen LogP) is 1.33. The average Bonchev–Trinajstić information content (AvgIpc) is 3.13. The number of rotatable bonds is 6. The number of nitrogens with one attached hydrogen (secondary N) is 1. The van der Waals surface area contributed by atoms with Gasteiger partial charge in [-0.15, -0.1) is 0 Å². The topological polar surface area (TPSA) is 91.6 Å². The summed E-state index contributed by atoms with van der Waals surface area (Å²) in [6, 6.07) is 7.19. The molecule has 3 rings (SSSR count). The highest BCUT2D eigenvalue weighted by Crippen LogP contribution is 2.18. The molecule has 2 aromatic rings. The third-order valence-electron chi connectivity index (χ3n) is 4.51. The molecule has 0 aliphatic carbocycles. The second-order valence-corrected chi connectivity index (χ2v) is 6.64. The normalized spacial score (nSPS) is 15.0. The van der Waals surface area contributed by atoms with Crippen molar-refractivity contribution in [2.24, 2.45) is 0 Å². The van der Waals surface area contributed by atoms with Crippen molar-refractivity contribution in [2.75, 3.05) is 39.3 Å². The third-order valence-corrected chi connectivity index (χ3v) is 4.51. The smallest absolute Gasteiger partial charge is 0.257 e. The van der Waals surface area contributed by atoms with Crippen molar-refractivity contribution in [2.45, 2.75) is 20.3 Å². The first-order valence-corrected chi connectivity index (χ1v) is 9.26. The van der Waals surface area contributed by atoms with Crippen LogP contribution >= 0.6 is 0 Å². The monoisotopic (exact) mass is 371 g/mol. The third kappa shape index (κ3) is 4.91. The van der Waals surface area contributed by atoms with Gasteiger partial charge >= 0.3 is 0 Å². The van der Waals surface area contributed by atoms with E-state index in [9.17, 15) is 9.59 Å². The number of aromatic nitrogens is 2. The molecule has 0 bridgehead atoms. The Morgan fingerprint density at radius 3 is 2.44 bits per heavy atom. The van der Waals surface area contributed by atoms with Gasteiger partial charge in [0.25, 0.3) is 11.8 Å². The lowest BCUT2D eigenvalue weighted by Gasteiger charge is -2.34. The summed E-state index contributed by atoms with van der Waals surface area (Å²) >= 11 is 0. The number of carbonyl (C=O) groups excluding carboxylic acids is 2. The lowest BCUT2D eigenvalue weighted by atomic mass is 10.1. The lowest BCUT2D eigenvalue weighted by molar-refractivity contribution is -0.122. The lowest BCUT2D eigenvalue weighted by Crippen LogP contribution is -2.51. The molecule has 0 unspecified atom stereocenters. The number of nitrogens with zero attached hydrogens (tertiary/aromatic N) is 4. The zero-order valence-corrected chi connectivity index (χ0v) is 15.8. The van der Waals surface area contributed by atoms with E-state index in [4.69, 9.17) is 4.52 Å². The summed E-state index contributed by atoms with van der Waals surface area (Å²) in [6.07, 6.45) is 0.929. The maximum Gasteiger partial charge on any atom is 0.257 e. The van der Waals surface area contributed by atoms with Crippen LogP contribution in [0.3, 0.4) is 0 Å². The Hall–Kier alpha value is -2.74. The minimum Gasteiger partial charge on any atom is -0.355 e. The standard InChI is InChI=1S/C19H25N5O3/c1-3-8-20-17(25)13-23-9-11-24(12-10-23)19(26)16-6-4-15(5-7-16)18-21-14(2)22-27-18/h4-7H,3,8-13H2,1-2H3,(H,20,25). The molecule has 2 heterocycles. The van der Waals surface area contributed by atoms with Gasteiger partial charge in [0.05, 0.1) is 6.54 Å². The molecule has 1 N–H and O–H groups in total. The van der Waals surface area contributed by atoms with Crippen LogP contribution in [0.2, 0.25) is 0 Å². The van der Waals surface area contributed by atoms with Crippen molar-refractivity contribution in [3.8, 4) is 11.5 Å². The van der Waals surface area contributed by atoms with Gasteiger partial charge in [0, 0.05) is 43.9 Å². The van der Waals surface area contributed by atoms with Gasteiger partial charge in [-0.3, -0.25) is 14.5 Å². The molecule has 1 aromatic carbocycles. The summed E-state index contributed by atoms with van der Waals surface area (Å²) in [5, 5.41) is 6.65. The van der Waals surface area contributed by atoms with Crippen LogP contribution in [-0.2, 0) is 4.79 Å². The molecule has 8 heteroatoms. The molecule has 0 atom stereocenters. The molecule has 0 radical (unpaired) electrons. The van der Waals surface area contributed by atoms with E-state index in [1.807, 2.05) is 24.0 Å². The number of hydrogen-bond acceptors (Lipinski definition) is 6. The van der Waals surface area contributed by atoms with Gasteiger partial charge in [0.15, 0.2) is 5.82 Å². The Bertz CT molecular complexity index is 779. The molecule has 1 aromatic heterocycles. The fourth-order valence-corrected chi connectivity index (χ4v) is 2.98. The molecule has 1 saturated heterocycles. The van der Waals surface area contributed by atoms with Crippen LogP contribution in [0, 0.1) is 6.92 Å². The van der Waals surface area contributed by atoms with Crippen LogP contribution < -0.4 is 5.32 Å². The highest BCUT2D eigenvalue weighted by Gasteiger charge is 2.23. The number of aryl methyl sites for hydroxylation is 1. The van der Waals surface area contributed by atoms with Gasteiger partial charge in [-0.25, -0.2) is 0 Å². The molecular formula is C19H25N5O3. The van der Waals surface area contributed by atoms with E-state index >= 15 is 0 Å². The van der Waals surface area contributed by atoms with Gasteiger partial charge in [0.1, 0.15) is 0 Å². The summed E-state index contributed by atoms with van der Waals surface area (Å²) in [5.41, 5.74) is 1.42. The van der Waals surface area contributed by atoms with Gasteiger partial charge in [0.2, 0.25) is 5.91 Å². The van der Waals surface area contributed by atoms with Crippen LogP contribution in [0.5, 0.6) is 0 Å². The fraction of sp³-hybridized carbons (Fsp3) is 0.474. The van der Waals surface area contributed by atoms with E-state index in [2.05, 4.69) is 20.4 Å². The first-order valence-electron chi connectivity index (χ1n) is 9.26. The van der Waals surface area contributed by atoms with Gasteiger partial charge < -0.3 is 14.7 Å². The first kappa shape index (κ1) is 19.0. The summed E-state index contributed by atoms with van der Waals surface area (Å²) in [4.78, 5) is 32.6. The highest BCUT2D eigenvalue weighted by molar-refractivity contribution is 5.94. The molecular weight excluding hydrogens is 346 g/mol. The molecule has 8 nitrogen and oxygen atoms in total. The summed E-state index contributed by atoms with van der Waals surface area (Å²) in [5.74, 6) is 1.06. The maximum absolute atomic E-state index is 12.7. The van der Waals surface area contributed by atoms with Crippen molar-refractivity contribution >= 4 is 11.8 Å². The van der Waals surface area contributed by atoms with Crippen molar-refractivity contribution in [1.29, 1.82) is 0 Å². The van der Waals surface area contributed by atoms with Crippen molar-refractivity contribution < 1.29 is 14.1 Å². The number of piperazine rings is 1.